The summed E-state index contributed by atoms with van der Waals surface area (Å²) in [5, 5.41) is 39.5. The van der Waals surface area contributed by atoms with E-state index in [-0.39, 0.29) is 0 Å². The van der Waals surface area contributed by atoms with Gasteiger partial charge in [-0.3, -0.25) is 4.79 Å². The Hall–Kier alpha value is -1.30. The van der Waals surface area contributed by atoms with Crippen LogP contribution in [-0.4, -0.2) is 82.2 Å². The number of rotatable bonds is 5. The molecule has 7 N–H and O–H groups in total. The average Bonchev–Trinajstić information content (AvgIpc) is 2.44. The summed E-state index contributed by atoms with van der Waals surface area (Å²) >= 11 is 0. The van der Waals surface area contributed by atoms with E-state index in [2.05, 4.69) is 5.32 Å². The molecule has 1 unspecified atom stereocenters. The zero-order valence-corrected chi connectivity index (χ0v) is 11.4. The van der Waals surface area contributed by atoms with Crippen molar-refractivity contribution in [3.05, 3.63) is 0 Å². The normalized spacial score (nSPS) is 34.1. The van der Waals surface area contributed by atoms with Gasteiger partial charge in [0.2, 0.25) is 12.2 Å². The predicted molar refractivity (Wildman–Crippen MR) is 66.5 cm³/mol. The van der Waals surface area contributed by atoms with E-state index in [9.17, 15) is 19.8 Å². The minimum atomic E-state index is -1.47. The molecule has 1 saturated heterocycles. The van der Waals surface area contributed by atoms with Gasteiger partial charge in [-0.05, 0) is 0 Å². The van der Waals surface area contributed by atoms with Gasteiger partial charge in [-0.1, -0.05) is 0 Å². The minimum absolute atomic E-state index is 0.552. The van der Waals surface area contributed by atoms with Crippen molar-refractivity contribution >= 4 is 11.9 Å². The first-order valence-electron chi connectivity index (χ1n) is 6.28. The van der Waals surface area contributed by atoms with Gasteiger partial charge in [-0.15, -0.1) is 0 Å². The third-order valence-electron chi connectivity index (χ3n) is 3.01. The highest BCUT2D eigenvalue weighted by atomic mass is 16.7. The molecule has 21 heavy (non-hydrogen) atoms. The number of hydrogen-bond donors (Lipinski definition) is 6. The second-order valence-corrected chi connectivity index (χ2v) is 4.66. The fourth-order valence-electron chi connectivity index (χ4n) is 1.83. The van der Waals surface area contributed by atoms with Crippen LogP contribution in [0.2, 0.25) is 0 Å². The lowest BCUT2D eigenvalue weighted by atomic mass is 9.98. The number of aliphatic hydroxyl groups excluding tert-OH is 4. The van der Waals surface area contributed by atoms with Crippen LogP contribution in [0.3, 0.4) is 0 Å². The number of aliphatic hydroxyl groups is 4. The Kier molecular flexibility index (Phi) is 6.45. The number of hydrogen-bond acceptors (Lipinski definition) is 9. The van der Waals surface area contributed by atoms with E-state index in [0.717, 1.165) is 6.92 Å². The fraction of sp³-hybridized carbons (Fsp3) is 0.818. The number of nitrogens with one attached hydrogen (secondary N) is 1. The van der Waals surface area contributed by atoms with Crippen LogP contribution in [0, 0.1) is 0 Å². The second-order valence-electron chi connectivity index (χ2n) is 4.66. The van der Waals surface area contributed by atoms with Crippen molar-refractivity contribution in [1.29, 1.82) is 0 Å². The highest BCUT2D eigenvalue weighted by molar-refractivity contribution is 5.83. The van der Waals surface area contributed by atoms with Crippen molar-refractivity contribution in [2.24, 2.45) is 5.73 Å². The van der Waals surface area contributed by atoms with Crippen molar-refractivity contribution in [3.8, 4) is 0 Å². The number of carbonyl (C=O) groups is 2. The summed E-state index contributed by atoms with van der Waals surface area (Å²) in [7, 11) is 0. The van der Waals surface area contributed by atoms with Gasteiger partial charge in [0.15, 0.2) is 6.04 Å². The summed E-state index contributed by atoms with van der Waals surface area (Å²) in [5.74, 6) is -1.57. The highest BCUT2D eigenvalue weighted by Crippen LogP contribution is 2.21. The van der Waals surface area contributed by atoms with Gasteiger partial charge in [0.05, 0.1) is 19.3 Å². The Morgan fingerprint density at radius 2 is 1.95 bits per heavy atom. The molecule has 0 bridgehead atoms. The van der Waals surface area contributed by atoms with Gasteiger partial charge in [-0.25, -0.2) is 4.79 Å². The lowest BCUT2D eigenvalue weighted by molar-refractivity contribution is -0.260. The molecule has 0 aromatic carbocycles. The quantitative estimate of drug-likeness (QED) is 0.275. The lowest BCUT2D eigenvalue weighted by Crippen LogP contribution is -2.63. The van der Waals surface area contributed by atoms with Crippen LogP contribution >= 0.6 is 0 Å². The van der Waals surface area contributed by atoms with E-state index in [4.69, 9.17) is 25.4 Å². The van der Waals surface area contributed by atoms with E-state index in [1.54, 1.807) is 0 Å². The van der Waals surface area contributed by atoms with Crippen LogP contribution < -0.4 is 11.1 Å². The standard InChI is InChI=1S/C11H20N2O8/c1-4(16)13-5(2-14)10(19)21-11-7(12)9(18)8(17)6(3-15)20-11/h5-9,11,14-15,17-18H,2-3,12H2,1H3,(H,13,16)/t5-,6+,7+,8+,9+,11?/m0/s1. The van der Waals surface area contributed by atoms with E-state index in [1.165, 1.54) is 0 Å². The summed E-state index contributed by atoms with van der Waals surface area (Å²) in [6.45, 7) is -0.163. The maximum atomic E-state index is 11.8. The summed E-state index contributed by atoms with van der Waals surface area (Å²) in [4.78, 5) is 22.6. The molecule has 0 spiro atoms. The van der Waals surface area contributed by atoms with E-state index in [1.807, 2.05) is 0 Å². The Bertz CT molecular complexity index is 377. The monoisotopic (exact) mass is 308 g/mol. The molecular weight excluding hydrogens is 288 g/mol. The molecule has 1 heterocycles. The Labute approximate surface area is 120 Å². The molecule has 0 saturated carbocycles. The number of esters is 1. The van der Waals surface area contributed by atoms with Gasteiger partial charge in [0, 0.05) is 6.92 Å². The van der Waals surface area contributed by atoms with Crippen LogP contribution in [0.1, 0.15) is 6.92 Å². The largest absolute Gasteiger partial charge is 0.432 e. The van der Waals surface area contributed by atoms with Gasteiger partial charge in [0.25, 0.3) is 0 Å². The van der Waals surface area contributed by atoms with Crippen LogP contribution in [-0.2, 0) is 19.1 Å². The number of amides is 1. The van der Waals surface area contributed by atoms with Crippen molar-refractivity contribution in [2.45, 2.75) is 43.6 Å². The van der Waals surface area contributed by atoms with Gasteiger partial charge < -0.3 is 41.0 Å². The number of nitrogens with two attached hydrogens (primary N) is 1. The molecule has 0 aromatic heterocycles. The molecule has 0 aliphatic carbocycles. The third kappa shape index (κ3) is 4.33. The molecule has 1 aliphatic rings. The first-order valence-corrected chi connectivity index (χ1v) is 6.28. The van der Waals surface area contributed by atoms with E-state index >= 15 is 0 Å². The maximum absolute atomic E-state index is 11.8. The molecule has 1 rings (SSSR count). The highest BCUT2D eigenvalue weighted by Gasteiger charge is 2.44. The fourth-order valence-corrected chi connectivity index (χ4v) is 1.83. The van der Waals surface area contributed by atoms with Crippen LogP contribution in [0.5, 0.6) is 0 Å². The number of carbonyl (C=O) groups excluding carboxylic acids is 2. The molecule has 122 valence electrons. The molecular formula is C11H20N2O8. The van der Waals surface area contributed by atoms with Crippen LogP contribution in [0.25, 0.3) is 0 Å². The maximum Gasteiger partial charge on any atom is 0.333 e. The van der Waals surface area contributed by atoms with E-state index < -0.39 is 61.8 Å². The smallest absolute Gasteiger partial charge is 0.333 e. The Morgan fingerprint density at radius 3 is 2.43 bits per heavy atom. The average molecular weight is 308 g/mol. The summed E-state index contributed by atoms with van der Waals surface area (Å²) < 4.78 is 9.94. The molecule has 0 aromatic rings. The van der Waals surface area contributed by atoms with Gasteiger partial charge in [0.1, 0.15) is 18.3 Å². The first kappa shape index (κ1) is 17.8. The Morgan fingerprint density at radius 1 is 1.33 bits per heavy atom. The molecule has 1 aliphatic heterocycles. The summed E-state index contributed by atoms with van der Waals surface area (Å²) in [5.41, 5.74) is 5.58. The molecule has 10 nitrogen and oxygen atoms in total. The van der Waals surface area contributed by atoms with Crippen molar-refractivity contribution in [1.82, 2.24) is 5.32 Å². The minimum Gasteiger partial charge on any atom is -0.432 e. The van der Waals surface area contributed by atoms with Crippen molar-refractivity contribution in [2.75, 3.05) is 13.2 Å². The summed E-state index contributed by atoms with van der Waals surface area (Å²) in [6, 6.07) is -2.56. The molecule has 6 atom stereocenters. The SMILES string of the molecule is CC(=O)N[C@@H](CO)C(=O)OC1O[C@H](CO)[C@@H](O)[C@H](O)[C@H]1N. The Balaban J connectivity index is 2.71. The molecule has 1 amide bonds. The zero-order valence-electron chi connectivity index (χ0n) is 11.4. The molecule has 1 fully saturated rings. The van der Waals surface area contributed by atoms with Gasteiger partial charge >= 0.3 is 5.97 Å². The second kappa shape index (κ2) is 7.64. The third-order valence-corrected chi connectivity index (χ3v) is 3.01. The van der Waals surface area contributed by atoms with Crippen molar-refractivity contribution in [3.63, 3.8) is 0 Å². The lowest BCUT2D eigenvalue weighted by Gasteiger charge is -2.40. The zero-order chi connectivity index (χ0) is 16.2. The number of ether oxygens (including phenoxy) is 2. The topological polar surface area (TPSA) is 172 Å². The summed E-state index contributed by atoms with van der Waals surface area (Å²) in [6.07, 6.45) is -5.51. The van der Waals surface area contributed by atoms with Crippen molar-refractivity contribution < 1.29 is 39.5 Å². The molecule has 0 radical (unpaired) electrons. The van der Waals surface area contributed by atoms with E-state index in [0.29, 0.717) is 0 Å². The van der Waals surface area contributed by atoms with Gasteiger partial charge in [-0.2, -0.15) is 0 Å². The first-order chi connectivity index (χ1) is 9.81. The predicted octanol–water partition coefficient (Wildman–Crippen LogP) is -4.21. The van der Waals surface area contributed by atoms with Crippen LogP contribution in [0.4, 0.5) is 0 Å². The van der Waals surface area contributed by atoms with Crippen LogP contribution in [0.15, 0.2) is 0 Å². The molecule has 10 heteroatoms.